The van der Waals surface area contributed by atoms with Crippen molar-refractivity contribution in [3.05, 3.63) is 0 Å². The van der Waals surface area contributed by atoms with Crippen LogP contribution in [-0.4, -0.2) is 45.2 Å². The van der Waals surface area contributed by atoms with Gasteiger partial charge in [0.25, 0.3) is 6.64 Å². The molecule has 2 rings (SSSR count). The maximum atomic E-state index is 5.63. The van der Waals surface area contributed by atoms with Crippen molar-refractivity contribution in [1.29, 1.82) is 0 Å². The highest BCUT2D eigenvalue weighted by Crippen LogP contribution is 2.56. The number of hydrogen-bond donors (Lipinski definition) is 0. The Hall–Kier alpha value is 0.490. The van der Waals surface area contributed by atoms with Crippen LogP contribution in [0.25, 0.3) is 0 Å². The van der Waals surface area contributed by atoms with Gasteiger partial charge in [0.05, 0.1) is 31.8 Å². The number of hydrogen-bond acceptors (Lipinski definition) is 4. The average Bonchev–Trinajstić information content (AvgIpc) is 2.03. The largest absolute Gasteiger partial charge is 0.380 e. The standard InChI is InChI=1S/C7H14NO3PS/c1-8(2)12(13)10-5-7(6-11-12)3-9-4-7/h3-6H2,1-2H3. The third-order valence-electron chi connectivity index (χ3n) is 2.37. The molecule has 2 fully saturated rings. The van der Waals surface area contributed by atoms with Crippen LogP contribution < -0.4 is 0 Å². The van der Waals surface area contributed by atoms with Gasteiger partial charge in [-0.1, -0.05) is 0 Å². The van der Waals surface area contributed by atoms with Crippen LogP contribution in [0.5, 0.6) is 0 Å². The van der Waals surface area contributed by atoms with E-state index in [-0.39, 0.29) is 5.41 Å². The molecule has 6 heteroatoms. The fourth-order valence-electron chi connectivity index (χ4n) is 1.30. The molecule has 76 valence electrons. The van der Waals surface area contributed by atoms with E-state index < -0.39 is 6.64 Å². The highest BCUT2D eigenvalue weighted by molar-refractivity contribution is 8.08. The molecule has 0 bridgehead atoms. The summed E-state index contributed by atoms with van der Waals surface area (Å²) in [5.74, 6) is 0. The Labute approximate surface area is 83.4 Å². The third kappa shape index (κ3) is 1.69. The van der Waals surface area contributed by atoms with E-state index in [1.165, 1.54) is 0 Å². The summed E-state index contributed by atoms with van der Waals surface area (Å²) in [6.07, 6.45) is 0. The lowest BCUT2D eigenvalue weighted by Crippen LogP contribution is -2.51. The SMILES string of the molecule is CN(C)P1(=S)OCC2(COC2)CO1. The van der Waals surface area contributed by atoms with Crippen LogP contribution in [0.1, 0.15) is 0 Å². The van der Waals surface area contributed by atoms with E-state index in [2.05, 4.69) is 0 Å². The lowest BCUT2D eigenvalue weighted by molar-refractivity contribution is -0.165. The second kappa shape index (κ2) is 3.26. The quantitative estimate of drug-likeness (QED) is 0.615. The maximum absolute atomic E-state index is 5.63. The molecule has 2 saturated heterocycles. The second-order valence-corrected chi connectivity index (χ2v) is 7.49. The number of rotatable bonds is 1. The molecule has 0 aliphatic carbocycles. The van der Waals surface area contributed by atoms with Gasteiger partial charge in [0, 0.05) is 0 Å². The van der Waals surface area contributed by atoms with Crippen LogP contribution >= 0.6 is 6.64 Å². The van der Waals surface area contributed by atoms with Crippen molar-refractivity contribution in [1.82, 2.24) is 4.67 Å². The molecule has 0 amide bonds. The first-order chi connectivity index (χ1) is 6.06. The molecular formula is C7H14NO3PS. The molecule has 0 atom stereocenters. The van der Waals surface area contributed by atoms with Crippen molar-refractivity contribution in [2.75, 3.05) is 40.5 Å². The van der Waals surface area contributed by atoms with E-state index in [1.54, 1.807) is 0 Å². The zero-order chi connectivity index (χ0) is 9.53. The zero-order valence-electron chi connectivity index (χ0n) is 7.86. The average molecular weight is 223 g/mol. The third-order valence-corrected chi connectivity index (χ3v) is 5.88. The minimum Gasteiger partial charge on any atom is -0.380 e. The molecule has 0 saturated carbocycles. The first-order valence-electron chi connectivity index (χ1n) is 4.21. The smallest absolute Gasteiger partial charge is 0.263 e. The predicted octanol–water partition coefficient (Wildman–Crippen LogP) is 0.836. The van der Waals surface area contributed by atoms with Gasteiger partial charge >= 0.3 is 0 Å². The van der Waals surface area contributed by atoms with Crippen LogP contribution in [0.3, 0.4) is 0 Å². The summed E-state index contributed by atoms with van der Waals surface area (Å²) >= 11 is 5.30. The fraction of sp³-hybridized carbons (Fsp3) is 1.00. The molecule has 0 unspecified atom stereocenters. The summed E-state index contributed by atoms with van der Waals surface area (Å²) in [5.41, 5.74) is 0.109. The summed E-state index contributed by atoms with van der Waals surface area (Å²) in [6.45, 7) is 0.724. The molecule has 13 heavy (non-hydrogen) atoms. The highest BCUT2D eigenvalue weighted by atomic mass is 32.5. The molecule has 0 N–H and O–H groups in total. The van der Waals surface area contributed by atoms with Gasteiger partial charge in [-0.25, -0.2) is 4.67 Å². The van der Waals surface area contributed by atoms with E-state index in [1.807, 2.05) is 18.8 Å². The Morgan fingerprint density at radius 2 is 1.69 bits per heavy atom. The fourth-order valence-corrected chi connectivity index (χ4v) is 3.03. The molecule has 2 heterocycles. The van der Waals surface area contributed by atoms with Gasteiger partial charge in [-0.05, 0) is 25.9 Å². The van der Waals surface area contributed by atoms with Crippen molar-refractivity contribution in [3.63, 3.8) is 0 Å². The minimum absolute atomic E-state index is 0.109. The van der Waals surface area contributed by atoms with Gasteiger partial charge in [-0.3, -0.25) is 0 Å². The van der Waals surface area contributed by atoms with Crippen LogP contribution in [0.4, 0.5) is 0 Å². The first kappa shape index (κ1) is 10.0. The van der Waals surface area contributed by atoms with Crippen molar-refractivity contribution < 1.29 is 13.8 Å². The molecule has 2 aliphatic rings. The van der Waals surface area contributed by atoms with Crippen LogP contribution in [-0.2, 0) is 25.6 Å². The van der Waals surface area contributed by atoms with Crippen molar-refractivity contribution in [2.45, 2.75) is 0 Å². The minimum atomic E-state index is -2.13. The van der Waals surface area contributed by atoms with Crippen LogP contribution in [0, 0.1) is 5.41 Å². The van der Waals surface area contributed by atoms with E-state index in [4.69, 9.17) is 25.6 Å². The van der Waals surface area contributed by atoms with Crippen molar-refractivity contribution in [3.8, 4) is 0 Å². The van der Waals surface area contributed by atoms with Crippen LogP contribution in [0.15, 0.2) is 0 Å². The Kier molecular flexibility index (Phi) is 2.51. The topological polar surface area (TPSA) is 30.9 Å². The van der Waals surface area contributed by atoms with Gasteiger partial charge in [0.2, 0.25) is 0 Å². The highest BCUT2D eigenvalue weighted by Gasteiger charge is 2.46. The normalized spacial score (nSPS) is 30.4. The lowest BCUT2D eigenvalue weighted by atomic mass is 9.88. The summed E-state index contributed by atoms with van der Waals surface area (Å²) in [7, 11) is 3.80. The maximum Gasteiger partial charge on any atom is 0.263 e. The summed E-state index contributed by atoms with van der Waals surface area (Å²) < 4.78 is 18.3. The molecule has 0 aromatic rings. The monoisotopic (exact) mass is 223 g/mol. The molecule has 0 radical (unpaired) electrons. The number of ether oxygens (including phenoxy) is 1. The van der Waals surface area contributed by atoms with Crippen molar-refractivity contribution >= 4 is 18.4 Å². The lowest BCUT2D eigenvalue weighted by Gasteiger charge is -2.47. The van der Waals surface area contributed by atoms with E-state index in [0.717, 1.165) is 13.2 Å². The van der Waals surface area contributed by atoms with Crippen LogP contribution in [0.2, 0.25) is 0 Å². The molecular weight excluding hydrogens is 209 g/mol. The Morgan fingerprint density at radius 1 is 1.15 bits per heavy atom. The molecule has 4 nitrogen and oxygen atoms in total. The van der Waals surface area contributed by atoms with E-state index in [9.17, 15) is 0 Å². The summed E-state index contributed by atoms with van der Waals surface area (Å²) in [5, 5.41) is 0. The second-order valence-electron chi connectivity index (χ2n) is 3.86. The summed E-state index contributed by atoms with van der Waals surface area (Å²) in [4.78, 5) is 0. The number of nitrogens with zero attached hydrogens (tertiary/aromatic N) is 1. The van der Waals surface area contributed by atoms with Gasteiger partial charge in [-0.2, -0.15) is 0 Å². The van der Waals surface area contributed by atoms with Gasteiger partial charge < -0.3 is 13.8 Å². The Balaban J connectivity index is 1.99. The Bertz CT molecular complexity index is 240. The first-order valence-corrected chi connectivity index (χ1v) is 6.80. The molecule has 0 aromatic heterocycles. The predicted molar refractivity (Wildman–Crippen MR) is 53.1 cm³/mol. The molecule has 1 spiro atoms. The van der Waals surface area contributed by atoms with Crippen molar-refractivity contribution in [2.24, 2.45) is 5.41 Å². The van der Waals surface area contributed by atoms with E-state index >= 15 is 0 Å². The van der Waals surface area contributed by atoms with E-state index in [0.29, 0.717) is 13.2 Å². The molecule has 0 aromatic carbocycles. The van der Waals surface area contributed by atoms with Gasteiger partial charge in [-0.15, -0.1) is 0 Å². The zero-order valence-corrected chi connectivity index (χ0v) is 9.57. The molecule has 2 aliphatic heterocycles. The summed E-state index contributed by atoms with van der Waals surface area (Å²) in [6, 6.07) is 0. The van der Waals surface area contributed by atoms with Gasteiger partial charge in [0.15, 0.2) is 0 Å². The van der Waals surface area contributed by atoms with Gasteiger partial charge in [0.1, 0.15) is 0 Å². The Morgan fingerprint density at radius 3 is 2.00 bits per heavy atom.